The van der Waals surface area contributed by atoms with Gasteiger partial charge in [-0.1, -0.05) is 18.9 Å². The van der Waals surface area contributed by atoms with Crippen molar-refractivity contribution in [1.29, 1.82) is 0 Å². The molecule has 3 aliphatic rings. The number of hydrogen-bond acceptors (Lipinski definition) is 3. The molecule has 5 rings (SSSR count). The summed E-state index contributed by atoms with van der Waals surface area (Å²) in [7, 11) is 0. The molecule has 1 spiro atoms. The first-order valence-electron chi connectivity index (χ1n) is 9.18. The van der Waals surface area contributed by atoms with Crippen molar-refractivity contribution >= 4 is 11.6 Å². The summed E-state index contributed by atoms with van der Waals surface area (Å²) < 4.78 is 25.8. The molecule has 26 heavy (non-hydrogen) atoms. The number of carbonyl (C=O) groups excluding carboxylic acids is 1. The fourth-order valence-corrected chi connectivity index (χ4v) is 4.70. The van der Waals surface area contributed by atoms with Crippen LogP contribution in [-0.4, -0.2) is 25.7 Å². The predicted octanol–water partition coefficient (Wildman–Crippen LogP) is 4.07. The molecule has 4 nitrogen and oxygen atoms in total. The average Bonchev–Trinajstić information content (AvgIpc) is 3.27. The lowest BCUT2D eigenvalue weighted by Gasteiger charge is -2.25. The first kappa shape index (κ1) is 15.7. The van der Waals surface area contributed by atoms with Crippen LogP contribution in [0.3, 0.4) is 0 Å². The maximum Gasteiger partial charge on any atom is 0.258 e. The van der Waals surface area contributed by atoms with E-state index in [1.807, 2.05) is 6.07 Å². The molecule has 134 valence electrons. The molecule has 2 heterocycles. The SMILES string of the molecule is O=C(c1ccc2c(c1)OCCO2)N1CC2(CCCC2)c2c(F)cccc21. The summed E-state index contributed by atoms with van der Waals surface area (Å²) in [6.07, 6.45) is 4.04. The smallest absolute Gasteiger partial charge is 0.258 e. The van der Waals surface area contributed by atoms with Crippen LogP contribution in [-0.2, 0) is 5.41 Å². The van der Waals surface area contributed by atoms with Gasteiger partial charge in [-0.2, -0.15) is 0 Å². The summed E-state index contributed by atoms with van der Waals surface area (Å²) in [5.74, 6) is 0.948. The molecule has 0 atom stereocenters. The highest BCUT2D eigenvalue weighted by Gasteiger charge is 2.48. The van der Waals surface area contributed by atoms with Gasteiger partial charge >= 0.3 is 0 Å². The Bertz CT molecular complexity index is 889. The van der Waals surface area contributed by atoms with E-state index in [2.05, 4.69) is 0 Å². The molecular formula is C21H20FNO3. The lowest BCUT2D eigenvalue weighted by atomic mass is 9.80. The highest BCUT2D eigenvalue weighted by Crippen LogP contribution is 2.51. The summed E-state index contributed by atoms with van der Waals surface area (Å²) in [4.78, 5) is 15.0. The van der Waals surface area contributed by atoms with Crippen molar-refractivity contribution in [3.8, 4) is 11.5 Å². The zero-order valence-electron chi connectivity index (χ0n) is 14.5. The van der Waals surface area contributed by atoms with E-state index in [0.29, 0.717) is 42.5 Å². The lowest BCUT2D eigenvalue weighted by Crippen LogP contribution is -2.35. The van der Waals surface area contributed by atoms with Crippen molar-refractivity contribution in [2.75, 3.05) is 24.7 Å². The molecule has 0 bridgehead atoms. The minimum Gasteiger partial charge on any atom is -0.486 e. The molecule has 2 aromatic rings. The van der Waals surface area contributed by atoms with Crippen molar-refractivity contribution in [2.24, 2.45) is 0 Å². The van der Waals surface area contributed by atoms with Gasteiger partial charge < -0.3 is 14.4 Å². The largest absolute Gasteiger partial charge is 0.486 e. The van der Waals surface area contributed by atoms with Gasteiger partial charge in [0.05, 0.1) is 5.69 Å². The normalized spacial score (nSPS) is 19.7. The molecule has 1 saturated carbocycles. The van der Waals surface area contributed by atoms with Crippen molar-refractivity contribution in [2.45, 2.75) is 31.1 Å². The maximum absolute atomic E-state index is 14.7. The number of nitrogens with zero attached hydrogens (tertiary/aromatic N) is 1. The zero-order chi connectivity index (χ0) is 17.7. The Kier molecular flexibility index (Phi) is 3.45. The Morgan fingerprint density at radius 1 is 1.04 bits per heavy atom. The number of amides is 1. The number of hydrogen-bond donors (Lipinski definition) is 0. The van der Waals surface area contributed by atoms with Gasteiger partial charge in [-0.3, -0.25) is 4.79 Å². The first-order chi connectivity index (χ1) is 12.7. The Morgan fingerprint density at radius 3 is 2.62 bits per heavy atom. The second kappa shape index (κ2) is 5.73. The topological polar surface area (TPSA) is 38.8 Å². The fraction of sp³-hybridized carbons (Fsp3) is 0.381. The third-order valence-corrected chi connectivity index (χ3v) is 5.87. The van der Waals surface area contributed by atoms with E-state index in [4.69, 9.17) is 9.47 Å². The van der Waals surface area contributed by atoms with Crippen LogP contribution in [0.1, 0.15) is 41.6 Å². The molecule has 0 radical (unpaired) electrons. The third-order valence-electron chi connectivity index (χ3n) is 5.87. The van der Waals surface area contributed by atoms with Crippen LogP contribution < -0.4 is 14.4 Å². The summed E-state index contributed by atoms with van der Waals surface area (Å²) in [6, 6.07) is 10.3. The van der Waals surface area contributed by atoms with Gasteiger partial charge in [0.1, 0.15) is 19.0 Å². The van der Waals surface area contributed by atoms with Crippen LogP contribution in [0.5, 0.6) is 11.5 Å². The summed E-state index contributed by atoms with van der Waals surface area (Å²) >= 11 is 0. The second-order valence-corrected chi connectivity index (χ2v) is 7.37. The van der Waals surface area contributed by atoms with Crippen molar-refractivity contribution in [3.05, 3.63) is 53.3 Å². The van der Waals surface area contributed by atoms with Gasteiger partial charge in [-0.25, -0.2) is 4.39 Å². The van der Waals surface area contributed by atoms with E-state index in [0.717, 1.165) is 31.2 Å². The summed E-state index contributed by atoms with van der Waals surface area (Å²) in [5.41, 5.74) is 1.75. The molecular weight excluding hydrogens is 333 g/mol. The van der Waals surface area contributed by atoms with E-state index in [-0.39, 0.29) is 17.1 Å². The lowest BCUT2D eigenvalue weighted by molar-refractivity contribution is 0.0983. The number of fused-ring (bicyclic) bond motifs is 3. The number of rotatable bonds is 1. The van der Waals surface area contributed by atoms with Crippen molar-refractivity contribution < 1.29 is 18.7 Å². The molecule has 0 N–H and O–H groups in total. The number of halogens is 1. The van der Waals surface area contributed by atoms with Gasteiger partial charge in [-0.15, -0.1) is 0 Å². The Labute approximate surface area is 151 Å². The molecule has 1 fully saturated rings. The van der Waals surface area contributed by atoms with Gasteiger partial charge in [0.25, 0.3) is 5.91 Å². The van der Waals surface area contributed by atoms with Crippen LogP contribution in [0.4, 0.5) is 10.1 Å². The molecule has 0 saturated heterocycles. The van der Waals surface area contributed by atoms with Gasteiger partial charge in [0.15, 0.2) is 11.5 Å². The monoisotopic (exact) mass is 353 g/mol. The fourth-order valence-electron chi connectivity index (χ4n) is 4.70. The number of anilines is 1. The van der Waals surface area contributed by atoms with Crippen LogP contribution in [0, 0.1) is 5.82 Å². The third kappa shape index (κ3) is 2.23. The van der Waals surface area contributed by atoms with E-state index in [1.165, 1.54) is 6.07 Å². The minimum absolute atomic E-state index is 0.113. The van der Waals surface area contributed by atoms with Crippen LogP contribution in [0.25, 0.3) is 0 Å². The van der Waals surface area contributed by atoms with Crippen molar-refractivity contribution in [1.82, 2.24) is 0 Å². The van der Waals surface area contributed by atoms with E-state index in [1.54, 1.807) is 29.2 Å². The first-order valence-corrected chi connectivity index (χ1v) is 9.18. The predicted molar refractivity (Wildman–Crippen MR) is 95.7 cm³/mol. The number of ether oxygens (including phenoxy) is 2. The molecule has 2 aromatic carbocycles. The molecule has 0 aromatic heterocycles. The van der Waals surface area contributed by atoms with Crippen LogP contribution in [0.2, 0.25) is 0 Å². The van der Waals surface area contributed by atoms with E-state index in [9.17, 15) is 9.18 Å². The zero-order valence-corrected chi connectivity index (χ0v) is 14.5. The minimum atomic E-state index is -0.232. The average molecular weight is 353 g/mol. The molecule has 1 amide bonds. The molecule has 5 heteroatoms. The van der Waals surface area contributed by atoms with Gasteiger partial charge in [0, 0.05) is 23.1 Å². The Balaban J connectivity index is 1.55. The quantitative estimate of drug-likeness (QED) is 0.776. The van der Waals surface area contributed by atoms with Gasteiger partial charge in [0.2, 0.25) is 0 Å². The van der Waals surface area contributed by atoms with Gasteiger partial charge in [-0.05, 0) is 43.2 Å². The van der Waals surface area contributed by atoms with Crippen LogP contribution in [0.15, 0.2) is 36.4 Å². The molecule has 2 aliphatic heterocycles. The number of benzene rings is 2. The Morgan fingerprint density at radius 2 is 1.81 bits per heavy atom. The second-order valence-electron chi connectivity index (χ2n) is 7.37. The summed E-state index contributed by atoms with van der Waals surface area (Å²) in [5, 5.41) is 0. The Hall–Kier alpha value is -2.56. The standard InChI is InChI=1S/C21H20FNO3/c22-15-4-3-5-16-19(15)21(8-1-2-9-21)13-23(16)20(24)14-6-7-17-18(12-14)26-11-10-25-17/h3-7,12H,1-2,8-11,13H2. The number of carbonyl (C=O) groups is 1. The highest BCUT2D eigenvalue weighted by atomic mass is 19.1. The van der Waals surface area contributed by atoms with E-state index >= 15 is 0 Å². The highest BCUT2D eigenvalue weighted by molar-refractivity contribution is 6.08. The molecule has 1 aliphatic carbocycles. The summed E-state index contributed by atoms with van der Waals surface area (Å²) in [6.45, 7) is 1.55. The van der Waals surface area contributed by atoms with Crippen LogP contribution >= 0.6 is 0 Å². The van der Waals surface area contributed by atoms with Crippen molar-refractivity contribution in [3.63, 3.8) is 0 Å². The molecule has 0 unspecified atom stereocenters. The van der Waals surface area contributed by atoms with E-state index < -0.39 is 0 Å². The maximum atomic E-state index is 14.7.